The van der Waals surface area contributed by atoms with Crippen LogP contribution in [0.3, 0.4) is 0 Å². The number of methoxy groups -OCH3 is 1. The third-order valence-electron chi connectivity index (χ3n) is 5.20. The molecule has 0 unspecified atom stereocenters. The van der Waals surface area contributed by atoms with E-state index in [1.165, 1.54) is 0 Å². The van der Waals surface area contributed by atoms with E-state index in [4.69, 9.17) is 28.4 Å². The fourth-order valence-corrected chi connectivity index (χ4v) is 3.99. The molecule has 3 aromatic rings. The van der Waals surface area contributed by atoms with E-state index in [0.29, 0.717) is 40.1 Å². The number of carbonyl (C=O) groups excluding carboxylic acids is 1. The van der Waals surface area contributed by atoms with Crippen LogP contribution < -0.4 is 28.4 Å². The van der Waals surface area contributed by atoms with Crippen molar-refractivity contribution in [3.05, 3.63) is 35.9 Å². The molecule has 140 valence electrons. The summed E-state index contributed by atoms with van der Waals surface area (Å²) >= 11 is 0. The lowest BCUT2D eigenvalue weighted by Gasteiger charge is -2.16. The van der Waals surface area contributed by atoms with Crippen molar-refractivity contribution in [2.45, 2.75) is 0 Å². The van der Waals surface area contributed by atoms with Crippen LogP contribution in [0.4, 0.5) is 0 Å². The molecule has 3 aliphatic rings. The first kappa shape index (κ1) is 15.4. The molecule has 7 heteroatoms. The monoisotopic (exact) mass is 378 g/mol. The lowest BCUT2D eigenvalue weighted by molar-refractivity contribution is 0.0961. The highest BCUT2D eigenvalue weighted by molar-refractivity contribution is 6.18. The Morgan fingerprint density at radius 2 is 1.46 bits per heavy atom. The van der Waals surface area contributed by atoms with Crippen LogP contribution in [0, 0.1) is 0 Å². The zero-order chi connectivity index (χ0) is 18.8. The highest BCUT2D eigenvalue weighted by Gasteiger charge is 2.33. The van der Waals surface area contributed by atoms with Crippen LogP contribution in [0.1, 0.15) is 10.4 Å². The van der Waals surface area contributed by atoms with Crippen LogP contribution in [0.25, 0.3) is 21.9 Å². The Kier molecular flexibility index (Phi) is 3.01. The first-order valence-corrected chi connectivity index (χ1v) is 8.78. The van der Waals surface area contributed by atoms with Crippen LogP contribution >= 0.6 is 0 Å². The number of ether oxygens (including phenoxy) is 6. The predicted octanol–water partition coefficient (Wildman–Crippen LogP) is 3.55. The minimum atomic E-state index is -0.0967. The highest BCUT2D eigenvalue weighted by Crippen LogP contribution is 2.52. The number of ketones is 1. The van der Waals surface area contributed by atoms with Gasteiger partial charge in [-0.15, -0.1) is 0 Å². The van der Waals surface area contributed by atoms with E-state index in [9.17, 15) is 4.79 Å². The van der Waals surface area contributed by atoms with Crippen molar-refractivity contribution in [1.82, 2.24) is 0 Å². The lowest BCUT2D eigenvalue weighted by Crippen LogP contribution is -2.01. The van der Waals surface area contributed by atoms with E-state index in [0.717, 1.165) is 21.9 Å². The van der Waals surface area contributed by atoms with Gasteiger partial charge in [0.1, 0.15) is 0 Å². The van der Waals surface area contributed by atoms with Crippen molar-refractivity contribution in [2.24, 2.45) is 0 Å². The molecule has 0 saturated heterocycles. The molecule has 0 spiro atoms. The summed E-state index contributed by atoms with van der Waals surface area (Å²) in [7, 11) is 1.56. The molecule has 7 nitrogen and oxygen atoms in total. The molecule has 0 saturated carbocycles. The normalized spacial score (nSPS) is 15.7. The maximum absolute atomic E-state index is 12.7. The molecule has 3 aliphatic heterocycles. The molecular formula is C21H14O7. The van der Waals surface area contributed by atoms with E-state index in [-0.39, 0.29) is 26.0 Å². The summed E-state index contributed by atoms with van der Waals surface area (Å²) in [6.45, 7) is 0.315. The van der Waals surface area contributed by atoms with Crippen LogP contribution in [0.15, 0.2) is 30.3 Å². The second kappa shape index (κ2) is 5.45. The molecule has 3 aromatic carbocycles. The van der Waals surface area contributed by atoms with E-state index in [1.54, 1.807) is 7.11 Å². The van der Waals surface area contributed by atoms with Gasteiger partial charge < -0.3 is 28.4 Å². The third-order valence-corrected chi connectivity index (χ3v) is 5.20. The zero-order valence-electron chi connectivity index (χ0n) is 14.9. The average Bonchev–Trinajstić information content (AvgIpc) is 3.44. The average molecular weight is 378 g/mol. The molecular weight excluding hydrogens is 364 g/mol. The Bertz CT molecular complexity index is 1180. The van der Waals surface area contributed by atoms with E-state index >= 15 is 0 Å². The molecule has 0 fully saturated rings. The Balaban J connectivity index is 1.74. The van der Waals surface area contributed by atoms with Crippen molar-refractivity contribution >= 4 is 16.6 Å². The molecule has 0 aliphatic carbocycles. The van der Waals surface area contributed by atoms with Gasteiger partial charge in [-0.2, -0.15) is 0 Å². The van der Waals surface area contributed by atoms with Gasteiger partial charge in [-0.3, -0.25) is 4.79 Å². The quantitative estimate of drug-likeness (QED) is 0.675. The Morgan fingerprint density at radius 1 is 0.786 bits per heavy atom. The zero-order valence-corrected chi connectivity index (χ0v) is 14.9. The van der Waals surface area contributed by atoms with Crippen LogP contribution in [-0.2, 0) is 0 Å². The Morgan fingerprint density at radius 3 is 2.21 bits per heavy atom. The Labute approximate surface area is 159 Å². The summed E-state index contributed by atoms with van der Waals surface area (Å²) in [4.78, 5) is 12.7. The van der Waals surface area contributed by atoms with Gasteiger partial charge in [0.05, 0.1) is 12.7 Å². The van der Waals surface area contributed by atoms with Crippen molar-refractivity contribution in [3.8, 4) is 45.6 Å². The van der Waals surface area contributed by atoms with Gasteiger partial charge in [-0.1, -0.05) is 6.07 Å². The van der Waals surface area contributed by atoms with Gasteiger partial charge in [-0.25, -0.2) is 0 Å². The maximum Gasteiger partial charge on any atom is 0.231 e. The van der Waals surface area contributed by atoms with Gasteiger partial charge in [0, 0.05) is 10.9 Å². The standard InChI is InChI=1S/C21H14O7/c1-23-20-12-6-17-16(27-9-28-17)5-11(12)18(19-13(22)7-24-21(19)20)10-2-3-14-15(4-10)26-8-25-14/h2-6H,7-9H2,1H3. The summed E-state index contributed by atoms with van der Waals surface area (Å²) in [5.74, 6) is 3.45. The van der Waals surface area contributed by atoms with Crippen molar-refractivity contribution in [2.75, 3.05) is 27.3 Å². The molecule has 0 aromatic heterocycles. The second-order valence-corrected chi connectivity index (χ2v) is 6.64. The van der Waals surface area contributed by atoms with Crippen LogP contribution in [0.2, 0.25) is 0 Å². The smallest absolute Gasteiger partial charge is 0.231 e. The number of benzene rings is 3. The minimum absolute atomic E-state index is 0.0215. The largest absolute Gasteiger partial charge is 0.492 e. The van der Waals surface area contributed by atoms with Gasteiger partial charge in [-0.05, 0) is 35.2 Å². The summed E-state index contributed by atoms with van der Waals surface area (Å²) in [5, 5.41) is 1.60. The predicted molar refractivity (Wildman–Crippen MR) is 98.0 cm³/mol. The molecule has 0 radical (unpaired) electrons. The topological polar surface area (TPSA) is 72.5 Å². The van der Waals surface area contributed by atoms with E-state index < -0.39 is 0 Å². The number of fused-ring (bicyclic) bond motifs is 4. The van der Waals surface area contributed by atoms with Gasteiger partial charge in [0.25, 0.3) is 0 Å². The second-order valence-electron chi connectivity index (χ2n) is 6.64. The molecule has 6 rings (SSSR count). The summed E-state index contributed by atoms with van der Waals surface area (Å²) < 4.78 is 33.4. The van der Waals surface area contributed by atoms with Crippen molar-refractivity contribution in [1.29, 1.82) is 0 Å². The van der Waals surface area contributed by atoms with Crippen LogP contribution in [0.5, 0.6) is 34.5 Å². The van der Waals surface area contributed by atoms with Gasteiger partial charge in [0.2, 0.25) is 19.4 Å². The SMILES string of the molecule is COc1c2c(c(-c3ccc4c(c3)OCO4)c3cc4c(cc13)OCO4)C(=O)CO2. The molecule has 0 atom stereocenters. The van der Waals surface area contributed by atoms with E-state index in [2.05, 4.69) is 0 Å². The number of carbonyl (C=O) groups is 1. The fourth-order valence-electron chi connectivity index (χ4n) is 3.99. The molecule has 0 amide bonds. The molecule has 0 bridgehead atoms. The highest BCUT2D eigenvalue weighted by atomic mass is 16.7. The number of Topliss-reactive ketones (excluding diaryl/α,β-unsaturated/α-hetero) is 1. The first-order chi connectivity index (χ1) is 13.7. The van der Waals surface area contributed by atoms with Gasteiger partial charge in [0.15, 0.2) is 41.1 Å². The molecule has 3 heterocycles. The summed E-state index contributed by atoms with van der Waals surface area (Å²) in [6, 6.07) is 9.37. The van der Waals surface area contributed by atoms with E-state index in [1.807, 2.05) is 30.3 Å². The van der Waals surface area contributed by atoms with Gasteiger partial charge >= 0.3 is 0 Å². The van der Waals surface area contributed by atoms with Crippen molar-refractivity contribution < 1.29 is 33.2 Å². The molecule has 28 heavy (non-hydrogen) atoms. The first-order valence-electron chi connectivity index (χ1n) is 8.78. The maximum atomic E-state index is 12.7. The summed E-state index contributed by atoms with van der Waals surface area (Å²) in [5.41, 5.74) is 2.08. The van der Waals surface area contributed by atoms with Crippen LogP contribution in [-0.4, -0.2) is 33.1 Å². The molecule has 0 N–H and O–H groups in total. The minimum Gasteiger partial charge on any atom is -0.492 e. The fraction of sp³-hybridized carbons (Fsp3) is 0.190. The number of rotatable bonds is 2. The summed E-state index contributed by atoms with van der Waals surface area (Å²) in [6.07, 6.45) is 0. The number of hydrogen-bond donors (Lipinski definition) is 0. The Hall–Kier alpha value is -3.61. The lowest BCUT2D eigenvalue weighted by atomic mass is 9.90. The van der Waals surface area contributed by atoms with Crippen molar-refractivity contribution in [3.63, 3.8) is 0 Å². The number of hydrogen-bond acceptors (Lipinski definition) is 7. The third kappa shape index (κ3) is 1.95.